The fourth-order valence-electron chi connectivity index (χ4n) is 3.27. The van der Waals surface area contributed by atoms with Gasteiger partial charge in [0.2, 0.25) is 5.91 Å². The molecule has 1 aliphatic heterocycles. The molecule has 2 aromatic rings. The maximum atomic E-state index is 12.9. The predicted octanol–water partition coefficient (Wildman–Crippen LogP) is 2.05. The van der Waals surface area contributed by atoms with Crippen LogP contribution in [0.5, 0.6) is 0 Å². The number of benzene rings is 2. The molecule has 0 aromatic heterocycles. The monoisotopic (exact) mass is 480 g/mol. The first-order valence-electron chi connectivity index (χ1n) is 9.60. The van der Waals surface area contributed by atoms with E-state index in [9.17, 15) is 28.1 Å². The number of nitrogens with zero attached hydrogens (tertiary/aromatic N) is 3. The van der Waals surface area contributed by atoms with E-state index in [1.165, 1.54) is 4.90 Å². The lowest BCUT2D eigenvalue weighted by molar-refractivity contribution is -0.385. The van der Waals surface area contributed by atoms with E-state index in [1.807, 2.05) is 4.90 Å². The van der Waals surface area contributed by atoms with Crippen LogP contribution in [0, 0.1) is 10.1 Å². The van der Waals surface area contributed by atoms with Gasteiger partial charge in [-0.25, -0.2) is 8.42 Å². The summed E-state index contributed by atoms with van der Waals surface area (Å²) in [7, 11) is -3.73. The molecule has 12 heteroatoms. The Kier molecular flexibility index (Phi) is 7.12. The number of hydrogen-bond donors (Lipinski definition) is 1. The summed E-state index contributed by atoms with van der Waals surface area (Å²) in [6, 6.07) is 10.0. The SMILES string of the molecule is CS(=O)(=O)c1cc(C(=O)N2CCN(CC(=O)Nc3ccccc3Cl)CC2)cc([N+](=O)[O-])c1. The van der Waals surface area contributed by atoms with Crippen molar-refractivity contribution in [1.29, 1.82) is 0 Å². The Morgan fingerprint density at radius 1 is 1.12 bits per heavy atom. The Labute approximate surface area is 189 Å². The predicted molar refractivity (Wildman–Crippen MR) is 119 cm³/mol. The number of carbonyl (C=O) groups is 2. The Morgan fingerprint density at radius 2 is 1.78 bits per heavy atom. The van der Waals surface area contributed by atoms with Gasteiger partial charge >= 0.3 is 0 Å². The van der Waals surface area contributed by atoms with Crippen LogP contribution >= 0.6 is 11.6 Å². The molecule has 0 atom stereocenters. The molecular formula is C20H21ClN4O6S. The number of sulfone groups is 1. The average molecular weight is 481 g/mol. The zero-order valence-electron chi connectivity index (χ0n) is 17.2. The zero-order valence-corrected chi connectivity index (χ0v) is 18.7. The first-order valence-corrected chi connectivity index (χ1v) is 11.9. The third-order valence-electron chi connectivity index (χ3n) is 4.95. The smallest absolute Gasteiger partial charge is 0.271 e. The molecular weight excluding hydrogens is 460 g/mol. The van der Waals surface area contributed by atoms with Gasteiger partial charge in [-0.15, -0.1) is 0 Å². The van der Waals surface area contributed by atoms with Crippen molar-refractivity contribution in [2.24, 2.45) is 0 Å². The van der Waals surface area contributed by atoms with Crippen molar-refractivity contribution >= 4 is 44.6 Å². The third-order valence-corrected chi connectivity index (χ3v) is 6.37. The lowest BCUT2D eigenvalue weighted by Crippen LogP contribution is -2.50. The number of halogens is 1. The number of non-ortho nitro benzene ring substituents is 1. The molecule has 0 unspecified atom stereocenters. The van der Waals surface area contributed by atoms with Gasteiger partial charge in [-0.05, 0) is 18.2 Å². The highest BCUT2D eigenvalue weighted by molar-refractivity contribution is 7.90. The maximum Gasteiger partial charge on any atom is 0.271 e. The molecule has 1 heterocycles. The minimum absolute atomic E-state index is 0.0652. The number of nitro groups is 1. The van der Waals surface area contributed by atoms with Crippen molar-refractivity contribution < 1.29 is 22.9 Å². The van der Waals surface area contributed by atoms with Gasteiger partial charge in [0.1, 0.15) is 0 Å². The molecule has 10 nitrogen and oxygen atoms in total. The van der Waals surface area contributed by atoms with E-state index in [0.29, 0.717) is 23.8 Å². The van der Waals surface area contributed by atoms with Crippen LogP contribution in [-0.2, 0) is 14.6 Å². The number of hydrogen-bond acceptors (Lipinski definition) is 7. The third kappa shape index (κ3) is 5.81. The van der Waals surface area contributed by atoms with Crippen molar-refractivity contribution in [3.63, 3.8) is 0 Å². The fraction of sp³-hybridized carbons (Fsp3) is 0.300. The summed E-state index contributed by atoms with van der Waals surface area (Å²) in [6.07, 6.45) is 0.923. The maximum absolute atomic E-state index is 12.9. The normalized spacial score (nSPS) is 14.8. The second-order valence-electron chi connectivity index (χ2n) is 7.34. The highest BCUT2D eigenvalue weighted by Crippen LogP contribution is 2.23. The van der Waals surface area contributed by atoms with Crippen molar-refractivity contribution in [2.75, 3.05) is 44.3 Å². The van der Waals surface area contributed by atoms with E-state index >= 15 is 0 Å². The number of para-hydroxylation sites is 1. The molecule has 2 amide bonds. The number of nitrogens with one attached hydrogen (secondary N) is 1. The summed E-state index contributed by atoms with van der Waals surface area (Å²) in [5, 5.41) is 14.3. The summed E-state index contributed by atoms with van der Waals surface area (Å²) < 4.78 is 23.7. The summed E-state index contributed by atoms with van der Waals surface area (Å²) in [5.74, 6) is -0.742. The number of rotatable bonds is 6. The standard InChI is InChI=1S/C20H21ClN4O6S/c1-32(30,31)16-11-14(10-15(12-16)25(28)29)20(27)24-8-6-23(7-9-24)13-19(26)22-18-5-3-2-4-17(18)21/h2-5,10-12H,6-9,13H2,1H3,(H,22,26). The molecule has 1 N–H and O–H groups in total. The quantitative estimate of drug-likeness (QED) is 0.494. The molecule has 2 aromatic carbocycles. The number of anilines is 1. The van der Waals surface area contributed by atoms with Crippen molar-refractivity contribution in [1.82, 2.24) is 9.80 Å². The average Bonchev–Trinajstić information content (AvgIpc) is 2.74. The Bertz CT molecular complexity index is 1160. The molecule has 0 radical (unpaired) electrons. The van der Waals surface area contributed by atoms with Crippen molar-refractivity contribution in [2.45, 2.75) is 4.90 Å². The molecule has 0 bridgehead atoms. The molecule has 0 aliphatic carbocycles. The van der Waals surface area contributed by atoms with Gasteiger partial charge in [-0.3, -0.25) is 24.6 Å². The summed E-state index contributed by atoms with van der Waals surface area (Å²) in [6.45, 7) is 1.51. The largest absolute Gasteiger partial charge is 0.336 e. The molecule has 1 fully saturated rings. The lowest BCUT2D eigenvalue weighted by Gasteiger charge is -2.34. The van der Waals surface area contributed by atoms with Crippen LogP contribution in [0.1, 0.15) is 10.4 Å². The molecule has 3 rings (SSSR count). The number of carbonyl (C=O) groups excluding carboxylic acids is 2. The second-order valence-corrected chi connectivity index (χ2v) is 9.76. The van der Waals surface area contributed by atoms with Gasteiger partial charge in [0, 0.05) is 50.1 Å². The van der Waals surface area contributed by atoms with Gasteiger partial charge in [-0.1, -0.05) is 23.7 Å². The van der Waals surface area contributed by atoms with Crippen LogP contribution in [0.25, 0.3) is 0 Å². The molecule has 1 aliphatic rings. The Morgan fingerprint density at radius 3 is 2.38 bits per heavy atom. The van der Waals surface area contributed by atoms with Crippen LogP contribution in [-0.4, -0.2) is 73.9 Å². The summed E-state index contributed by atoms with van der Waals surface area (Å²) >= 11 is 6.04. The van der Waals surface area contributed by atoms with Crippen LogP contribution < -0.4 is 5.32 Å². The van der Waals surface area contributed by atoms with Crippen LogP contribution in [0.15, 0.2) is 47.4 Å². The summed E-state index contributed by atoms with van der Waals surface area (Å²) in [5.41, 5.74) is -0.0176. The summed E-state index contributed by atoms with van der Waals surface area (Å²) in [4.78, 5) is 38.6. The lowest BCUT2D eigenvalue weighted by atomic mass is 10.1. The van der Waals surface area contributed by atoms with E-state index < -0.39 is 26.4 Å². The Hall–Kier alpha value is -3.02. The molecule has 0 spiro atoms. The molecule has 32 heavy (non-hydrogen) atoms. The van der Waals surface area contributed by atoms with Gasteiger partial charge < -0.3 is 10.2 Å². The van der Waals surface area contributed by atoms with Crippen LogP contribution in [0.2, 0.25) is 5.02 Å². The second kappa shape index (κ2) is 9.63. The van der Waals surface area contributed by atoms with Gasteiger partial charge in [-0.2, -0.15) is 0 Å². The fourth-order valence-corrected chi connectivity index (χ4v) is 4.13. The van der Waals surface area contributed by atoms with E-state index in [4.69, 9.17) is 11.6 Å². The topological polar surface area (TPSA) is 130 Å². The van der Waals surface area contributed by atoms with Gasteiger partial charge in [0.05, 0.1) is 27.1 Å². The minimum atomic E-state index is -3.73. The van der Waals surface area contributed by atoms with Gasteiger partial charge in [0.15, 0.2) is 9.84 Å². The first kappa shape index (κ1) is 23.6. The number of nitro benzene ring substituents is 1. The van der Waals surface area contributed by atoms with Crippen molar-refractivity contribution in [3.05, 3.63) is 63.2 Å². The molecule has 0 saturated carbocycles. The minimum Gasteiger partial charge on any atom is -0.336 e. The number of amides is 2. The number of piperazine rings is 1. The van der Waals surface area contributed by atoms with E-state index in [-0.39, 0.29) is 36.0 Å². The van der Waals surface area contributed by atoms with E-state index in [1.54, 1.807) is 24.3 Å². The van der Waals surface area contributed by atoms with E-state index in [2.05, 4.69) is 5.32 Å². The van der Waals surface area contributed by atoms with Gasteiger partial charge in [0.25, 0.3) is 11.6 Å². The Balaban J connectivity index is 1.63. The highest BCUT2D eigenvalue weighted by atomic mass is 35.5. The van der Waals surface area contributed by atoms with Crippen LogP contribution in [0.3, 0.4) is 0 Å². The zero-order chi connectivity index (χ0) is 23.5. The molecule has 170 valence electrons. The van der Waals surface area contributed by atoms with Crippen LogP contribution in [0.4, 0.5) is 11.4 Å². The van der Waals surface area contributed by atoms with E-state index in [0.717, 1.165) is 24.5 Å². The molecule has 1 saturated heterocycles. The first-order chi connectivity index (χ1) is 15.0. The highest BCUT2D eigenvalue weighted by Gasteiger charge is 2.26. The van der Waals surface area contributed by atoms with Crippen molar-refractivity contribution in [3.8, 4) is 0 Å².